The number of benzene rings is 1. The Kier molecular flexibility index (Phi) is 2.99. The Bertz CT molecular complexity index is 455. The summed E-state index contributed by atoms with van der Waals surface area (Å²) in [7, 11) is 1.48. The van der Waals surface area contributed by atoms with E-state index in [-0.39, 0.29) is 11.8 Å². The van der Waals surface area contributed by atoms with Gasteiger partial charge in [0.15, 0.2) is 0 Å². The molecule has 0 atom stereocenters. The van der Waals surface area contributed by atoms with E-state index in [2.05, 4.69) is 0 Å². The average Bonchev–Trinajstić information content (AvgIpc) is 2.30. The molecule has 2 amide bonds. The SMILES string of the molecule is COc1cc(N)ccc1N1C(=O)CCCC1=O. The molecule has 90 valence electrons. The van der Waals surface area contributed by atoms with E-state index in [4.69, 9.17) is 10.5 Å². The number of imide groups is 1. The van der Waals surface area contributed by atoms with Crippen molar-refractivity contribution < 1.29 is 14.3 Å². The van der Waals surface area contributed by atoms with Crippen LogP contribution in [0.1, 0.15) is 19.3 Å². The molecule has 5 heteroatoms. The zero-order valence-corrected chi connectivity index (χ0v) is 9.60. The standard InChI is InChI=1S/C12H14N2O3/c1-17-10-7-8(13)5-6-9(10)14-11(15)3-2-4-12(14)16/h5-7H,2-4,13H2,1H3. The molecule has 2 rings (SSSR count). The van der Waals surface area contributed by atoms with Gasteiger partial charge in [-0.15, -0.1) is 0 Å². The van der Waals surface area contributed by atoms with Crippen LogP contribution >= 0.6 is 0 Å². The Morgan fingerprint density at radius 3 is 2.47 bits per heavy atom. The largest absolute Gasteiger partial charge is 0.494 e. The fourth-order valence-corrected chi connectivity index (χ4v) is 1.90. The van der Waals surface area contributed by atoms with E-state index in [0.29, 0.717) is 36.4 Å². The van der Waals surface area contributed by atoms with Crippen LogP contribution in [0.4, 0.5) is 11.4 Å². The average molecular weight is 234 g/mol. The van der Waals surface area contributed by atoms with Crippen LogP contribution in [0.25, 0.3) is 0 Å². The van der Waals surface area contributed by atoms with Gasteiger partial charge in [0, 0.05) is 24.6 Å². The molecular weight excluding hydrogens is 220 g/mol. The molecule has 17 heavy (non-hydrogen) atoms. The van der Waals surface area contributed by atoms with Crippen LogP contribution < -0.4 is 15.4 Å². The summed E-state index contributed by atoms with van der Waals surface area (Å²) in [6.07, 6.45) is 1.39. The Balaban J connectivity index is 2.44. The summed E-state index contributed by atoms with van der Waals surface area (Å²) in [5.74, 6) is 0.0576. The Hall–Kier alpha value is -2.04. The first-order chi connectivity index (χ1) is 8.13. The van der Waals surface area contributed by atoms with E-state index in [0.717, 1.165) is 0 Å². The topological polar surface area (TPSA) is 72.6 Å². The first-order valence-corrected chi connectivity index (χ1v) is 5.43. The maximum atomic E-state index is 11.8. The molecule has 1 fully saturated rings. The summed E-state index contributed by atoms with van der Waals surface area (Å²) in [4.78, 5) is 24.7. The summed E-state index contributed by atoms with van der Waals surface area (Å²) in [6.45, 7) is 0. The van der Waals surface area contributed by atoms with Crippen molar-refractivity contribution in [1.82, 2.24) is 0 Å². The van der Waals surface area contributed by atoms with Gasteiger partial charge >= 0.3 is 0 Å². The Morgan fingerprint density at radius 1 is 1.24 bits per heavy atom. The number of carbonyl (C=O) groups excluding carboxylic acids is 2. The van der Waals surface area contributed by atoms with Crippen molar-refractivity contribution in [2.75, 3.05) is 17.7 Å². The molecule has 0 spiro atoms. The van der Waals surface area contributed by atoms with Crippen molar-refractivity contribution in [3.8, 4) is 5.75 Å². The summed E-state index contributed by atoms with van der Waals surface area (Å²) in [5, 5.41) is 0. The lowest BCUT2D eigenvalue weighted by Gasteiger charge is -2.26. The van der Waals surface area contributed by atoms with Crippen molar-refractivity contribution in [3.63, 3.8) is 0 Å². The van der Waals surface area contributed by atoms with Gasteiger partial charge in [0.1, 0.15) is 5.75 Å². The first-order valence-electron chi connectivity index (χ1n) is 5.43. The highest BCUT2D eigenvalue weighted by Gasteiger charge is 2.29. The molecule has 0 aromatic heterocycles. The van der Waals surface area contributed by atoms with Crippen molar-refractivity contribution >= 4 is 23.2 Å². The summed E-state index contributed by atoms with van der Waals surface area (Å²) in [5.41, 5.74) is 6.63. The van der Waals surface area contributed by atoms with Crippen LogP contribution in [0.3, 0.4) is 0 Å². The van der Waals surface area contributed by atoms with Gasteiger partial charge in [-0.3, -0.25) is 9.59 Å². The monoisotopic (exact) mass is 234 g/mol. The van der Waals surface area contributed by atoms with Crippen LogP contribution in [0.2, 0.25) is 0 Å². The molecule has 1 heterocycles. The zero-order valence-electron chi connectivity index (χ0n) is 9.60. The third-order valence-corrected chi connectivity index (χ3v) is 2.72. The second-order valence-corrected chi connectivity index (χ2v) is 3.91. The van der Waals surface area contributed by atoms with E-state index in [1.165, 1.54) is 12.0 Å². The number of nitrogen functional groups attached to an aromatic ring is 1. The molecule has 0 aliphatic carbocycles. The summed E-state index contributed by atoms with van der Waals surface area (Å²) in [6, 6.07) is 4.88. The number of rotatable bonds is 2. The predicted molar refractivity (Wildman–Crippen MR) is 63.8 cm³/mol. The van der Waals surface area contributed by atoms with Crippen molar-refractivity contribution in [2.45, 2.75) is 19.3 Å². The molecule has 0 saturated carbocycles. The number of amides is 2. The number of hydrogen-bond donors (Lipinski definition) is 1. The van der Waals surface area contributed by atoms with Gasteiger partial charge in [0.05, 0.1) is 12.8 Å². The van der Waals surface area contributed by atoms with Gasteiger partial charge in [-0.25, -0.2) is 4.90 Å². The Labute approximate surface area is 99.2 Å². The number of ether oxygens (including phenoxy) is 1. The van der Waals surface area contributed by atoms with Gasteiger partial charge in [0.2, 0.25) is 11.8 Å². The fraction of sp³-hybridized carbons (Fsp3) is 0.333. The molecule has 0 radical (unpaired) electrons. The number of hydrogen-bond acceptors (Lipinski definition) is 4. The highest BCUT2D eigenvalue weighted by molar-refractivity contribution is 6.17. The van der Waals surface area contributed by atoms with E-state index >= 15 is 0 Å². The lowest BCUT2D eigenvalue weighted by Crippen LogP contribution is -2.40. The minimum Gasteiger partial charge on any atom is -0.494 e. The molecule has 1 aliphatic heterocycles. The molecular formula is C12H14N2O3. The maximum absolute atomic E-state index is 11.8. The van der Waals surface area contributed by atoms with E-state index in [1.807, 2.05) is 0 Å². The number of piperidine rings is 1. The van der Waals surface area contributed by atoms with Gasteiger partial charge in [-0.2, -0.15) is 0 Å². The van der Waals surface area contributed by atoms with Crippen molar-refractivity contribution in [1.29, 1.82) is 0 Å². The van der Waals surface area contributed by atoms with Crippen molar-refractivity contribution in [2.24, 2.45) is 0 Å². The van der Waals surface area contributed by atoms with Crippen LogP contribution in [0.15, 0.2) is 18.2 Å². The number of carbonyl (C=O) groups is 2. The van der Waals surface area contributed by atoms with E-state index in [9.17, 15) is 9.59 Å². The molecule has 0 bridgehead atoms. The number of anilines is 2. The molecule has 1 aliphatic rings. The Morgan fingerprint density at radius 2 is 1.88 bits per heavy atom. The molecule has 1 saturated heterocycles. The number of methoxy groups -OCH3 is 1. The van der Waals surface area contributed by atoms with Crippen LogP contribution in [0.5, 0.6) is 5.75 Å². The highest BCUT2D eigenvalue weighted by Crippen LogP contribution is 2.32. The molecule has 0 unspecified atom stereocenters. The van der Waals surface area contributed by atoms with E-state index in [1.54, 1.807) is 18.2 Å². The zero-order chi connectivity index (χ0) is 12.4. The lowest BCUT2D eigenvalue weighted by atomic mass is 10.1. The van der Waals surface area contributed by atoms with Gasteiger partial charge in [-0.05, 0) is 18.6 Å². The molecule has 5 nitrogen and oxygen atoms in total. The fourth-order valence-electron chi connectivity index (χ4n) is 1.90. The molecule has 1 aromatic rings. The third-order valence-electron chi connectivity index (χ3n) is 2.72. The van der Waals surface area contributed by atoms with E-state index < -0.39 is 0 Å². The quantitative estimate of drug-likeness (QED) is 0.618. The summed E-state index contributed by atoms with van der Waals surface area (Å²) >= 11 is 0. The number of nitrogens with two attached hydrogens (primary N) is 1. The van der Waals surface area contributed by atoms with Crippen LogP contribution in [0, 0.1) is 0 Å². The van der Waals surface area contributed by atoms with Crippen LogP contribution in [-0.4, -0.2) is 18.9 Å². The third kappa shape index (κ3) is 2.08. The van der Waals surface area contributed by atoms with Gasteiger partial charge < -0.3 is 10.5 Å². The number of nitrogens with zero attached hydrogens (tertiary/aromatic N) is 1. The minimum atomic E-state index is -0.190. The second kappa shape index (κ2) is 4.45. The normalized spacial score (nSPS) is 16.2. The highest BCUT2D eigenvalue weighted by atomic mass is 16.5. The van der Waals surface area contributed by atoms with Gasteiger partial charge in [-0.1, -0.05) is 0 Å². The first kappa shape index (κ1) is 11.4. The minimum absolute atomic E-state index is 0.190. The lowest BCUT2D eigenvalue weighted by molar-refractivity contribution is -0.129. The smallest absolute Gasteiger partial charge is 0.233 e. The van der Waals surface area contributed by atoms with Crippen molar-refractivity contribution in [3.05, 3.63) is 18.2 Å². The van der Waals surface area contributed by atoms with Crippen LogP contribution in [-0.2, 0) is 9.59 Å². The second-order valence-electron chi connectivity index (χ2n) is 3.91. The molecule has 2 N–H and O–H groups in total. The molecule has 1 aromatic carbocycles. The summed E-state index contributed by atoms with van der Waals surface area (Å²) < 4.78 is 5.15. The maximum Gasteiger partial charge on any atom is 0.233 e. The van der Waals surface area contributed by atoms with Gasteiger partial charge in [0.25, 0.3) is 0 Å². The predicted octanol–water partition coefficient (Wildman–Crippen LogP) is 1.32.